The van der Waals surface area contributed by atoms with Crippen molar-refractivity contribution in [3.8, 4) is 5.75 Å². The minimum absolute atomic E-state index is 0.348. The van der Waals surface area contributed by atoms with Crippen molar-refractivity contribution in [2.75, 3.05) is 52.4 Å². The zero-order valence-electron chi connectivity index (χ0n) is 22.6. The lowest BCUT2D eigenvalue weighted by Gasteiger charge is -2.21. The summed E-state index contributed by atoms with van der Waals surface area (Å²) in [4.78, 5) is 16.7. The maximum absolute atomic E-state index is 6.55. The maximum atomic E-state index is 6.55. The van der Waals surface area contributed by atoms with Crippen LogP contribution in [0.5, 0.6) is 5.75 Å². The molecule has 0 radical (unpaired) electrons. The molecule has 0 aliphatic heterocycles. The Hall–Kier alpha value is -3.34. The highest BCUT2D eigenvalue weighted by atomic mass is 35.5. The number of hydrogen-bond acceptors (Lipinski definition) is 9. The number of nitrogens with zero attached hydrogens (tertiary/aromatic N) is 4. The predicted octanol–water partition coefficient (Wildman–Crippen LogP) is 6.35. The third-order valence-electron chi connectivity index (χ3n) is 6.57. The molecule has 0 amide bonds. The lowest BCUT2D eigenvalue weighted by Crippen LogP contribution is -2.32. The molecule has 208 valence electrons. The summed E-state index contributed by atoms with van der Waals surface area (Å²) in [5.41, 5.74) is 2.94. The van der Waals surface area contributed by atoms with Crippen molar-refractivity contribution < 1.29 is 14.2 Å². The Bertz CT molecular complexity index is 1540. The molecule has 40 heavy (non-hydrogen) atoms. The number of aromatic nitrogens is 3. The number of thiophene rings is 1. The Balaban J connectivity index is 1.31. The van der Waals surface area contributed by atoms with Crippen LogP contribution in [0.3, 0.4) is 0 Å². The zero-order valence-corrected chi connectivity index (χ0v) is 24.2. The first kappa shape index (κ1) is 28.2. The second-order valence-corrected chi connectivity index (χ2v) is 10.7. The predicted molar refractivity (Wildman–Crippen MR) is 162 cm³/mol. The van der Waals surface area contributed by atoms with Gasteiger partial charge in [-0.1, -0.05) is 29.8 Å². The highest BCUT2D eigenvalue weighted by molar-refractivity contribution is 7.25. The Morgan fingerprint density at radius 3 is 2.52 bits per heavy atom. The van der Waals surface area contributed by atoms with Gasteiger partial charge in [-0.25, -0.2) is 9.97 Å². The van der Waals surface area contributed by atoms with E-state index in [1.54, 1.807) is 38.1 Å². The van der Waals surface area contributed by atoms with Crippen LogP contribution in [0.15, 0.2) is 67.1 Å². The smallest absolute Gasteiger partial charge is 0.143 e. The van der Waals surface area contributed by atoms with E-state index in [0.29, 0.717) is 30.6 Å². The third kappa shape index (κ3) is 7.04. The van der Waals surface area contributed by atoms with Crippen LogP contribution in [0.2, 0.25) is 5.02 Å². The molecule has 0 saturated carbocycles. The van der Waals surface area contributed by atoms with E-state index >= 15 is 0 Å². The fourth-order valence-electron chi connectivity index (χ4n) is 4.43. The summed E-state index contributed by atoms with van der Waals surface area (Å²) in [6.07, 6.45) is 4.28. The third-order valence-corrected chi connectivity index (χ3v) is 7.93. The van der Waals surface area contributed by atoms with Gasteiger partial charge < -0.3 is 19.5 Å². The summed E-state index contributed by atoms with van der Waals surface area (Å²) in [5.74, 6) is 1.34. The average Bonchev–Trinajstić information content (AvgIpc) is 3.35. The molecule has 0 saturated heterocycles. The summed E-state index contributed by atoms with van der Waals surface area (Å²) >= 11 is 8.22. The summed E-state index contributed by atoms with van der Waals surface area (Å²) < 4.78 is 17.6. The number of methoxy groups -OCH3 is 2. The second kappa shape index (κ2) is 13.8. The highest BCUT2D eigenvalue weighted by Crippen LogP contribution is 2.38. The van der Waals surface area contributed by atoms with Crippen LogP contribution < -0.4 is 10.1 Å². The van der Waals surface area contributed by atoms with Gasteiger partial charge in [0.25, 0.3) is 0 Å². The quantitative estimate of drug-likeness (QED) is 0.163. The fourth-order valence-corrected chi connectivity index (χ4v) is 5.77. The highest BCUT2D eigenvalue weighted by Gasteiger charge is 2.14. The molecule has 5 aromatic rings. The molecule has 2 aromatic carbocycles. The van der Waals surface area contributed by atoms with Crippen LogP contribution in [0.4, 0.5) is 11.5 Å². The Labute approximate surface area is 242 Å². The average molecular weight is 578 g/mol. The van der Waals surface area contributed by atoms with Gasteiger partial charge in [0.05, 0.1) is 29.3 Å². The molecule has 1 N–H and O–H groups in total. The second-order valence-electron chi connectivity index (χ2n) is 9.29. The summed E-state index contributed by atoms with van der Waals surface area (Å²) in [5, 5.41) is 6.07. The van der Waals surface area contributed by atoms with Crippen LogP contribution in [0.25, 0.3) is 20.3 Å². The van der Waals surface area contributed by atoms with Crippen LogP contribution in [-0.2, 0) is 22.5 Å². The van der Waals surface area contributed by atoms with E-state index in [2.05, 4.69) is 43.4 Å². The van der Waals surface area contributed by atoms with Crippen LogP contribution in [-0.4, -0.2) is 66.9 Å². The number of anilines is 2. The number of hydrogen-bond donors (Lipinski definition) is 1. The topological polar surface area (TPSA) is 81.6 Å². The molecule has 10 heteroatoms. The van der Waals surface area contributed by atoms with E-state index in [1.165, 1.54) is 10.3 Å². The fraction of sp³-hybridized carbons (Fsp3) is 0.300. The van der Waals surface area contributed by atoms with Crippen LogP contribution in [0.1, 0.15) is 11.3 Å². The molecule has 3 heterocycles. The molecule has 0 atom stereocenters. The molecule has 0 spiro atoms. The summed E-state index contributed by atoms with van der Waals surface area (Å²) in [6.45, 7) is 4.48. The standard InChI is InChI=1S/C30H32ClN5O3S/c1-37-15-13-36(14-16-38-2)12-10-21-6-8-24-27(17-21)40-30-28(24)29(33-20-34-30)35-22-7-9-26(25(31)18-22)39-19-23-5-3-4-11-32-23/h3-9,11,17-18,20H,10,12-16,19H2,1-2H3,(H,33,34,35). The van der Waals surface area contributed by atoms with E-state index in [-0.39, 0.29) is 0 Å². The Morgan fingerprint density at radius 2 is 1.77 bits per heavy atom. The number of nitrogens with one attached hydrogen (secondary N) is 1. The molecule has 0 aliphatic rings. The Kier molecular flexibility index (Phi) is 9.75. The van der Waals surface area contributed by atoms with E-state index in [9.17, 15) is 0 Å². The maximum Gasteiger partial charge on any atom is 0.143 e. The number of halogens is 1. The van der Waals surface area contributed by atoms with Crippen LogP contribution >= 0.6 is 22.9 Å². The molecule has 0 bridgehead atoms. The van der Waals surface area contributed by atoms with E-state index in [4.69, 9.17) is 25.8 Å². The number of rotatable bonds is 14. The van der Waals surface area contributed by atoms with Gasteiger partial charge in [-0.05, 0) is 48.4 Å². The van der Waals surface area contributed by atoms with Gasteiger partial charge in [0.1, 0.15) is 29.3 Å². The zero-order chi connectivity index (χ0) is 27.7. The van der Waals surface area contributed by atoms with Gasteiger partial charge in [-0.2, -0.15) is 0 Å². The lowest BCUT2D eigenvalue weighted by atomic mass is 10.1. The number of pyridine rings is 1. The monoisotopic (exact) mass is 577 g/mol. The molecule has 3 aromatic heterocycles. The first-order valence-corrected chi connectivity index (χ1v) is 14.3. The van der Waals surface area contributed by atoms with Gasteiger partial charge in [0.15, 0.2) is 0 Å². The number of ether oxygens (including phenoxy) is 3. The minimum Gasteiger partial charge on any atom is -0.486 e. The normalized spacial score (nSPS) is 11.5. The molecule has 0 unspecified atom stereocenters. The number of fused-ring (bicyclic) bond motifs is 3. The van der Waals surface area contributed by atoms with E-state index in [0.717, 1.165) is 58.9 Å². The largest absolute Gasteiger partial charge is 0.486 e. The van der Waals surface area contributed by atoms with Crippen molar-refractivity contribution in [1.29, 1.82) is 0 Å². The number of benzene rings is 2. The molecular weight excluding hydrogens is 546 g/mol. The van der Waals surface area contributed by atoms with E-state index < -0.39 is 0 Å². The van der Waals surface area contributed by atoms with Crippen molar-refractivity contribution in [1.82, 2.24) is 19.9 Å². The first-order chi connectivity index (χ1) is 19.6. The molecule has 5 rings (SSSR count). The van der Waals surface area contributed by atoms with Gasteiger partial charge in [0.2, 0.25) is 0 Å². The molecular formula is C30H32ClN5O3S. The lowest BCUT2D eigenvalue weighted by molar-refractivity contribution is 0.115. The van der Waals surface area contributed by atoms with E-state index in [1.807, 2.05) is 36.4 Å². The SMILES string of the molecule is COCCN(CCOC)CCc1ccc2c(c1)sc1ncnc(Nc3ccc(OCc4ccccn4)c(Cl)c3)c12. The van der Waals surface area contributed by atoms with Crippen LogP contribution in [0, 0.1) is 0 Å². The van der Waals surface area contributed by atoms with Crippen molar-refractivity contribution in [2.45, 2.75) is 13.0 Å². The van der Waals surface area contributed by atoms with Crippen molar-refractivity contribution in [2.24, 2.45) is 0 Å². The molecule has 8 nitrogen and oxygen atoms in total. The summed E-state index contributed by atoms with van der Waals surface area (Å²) in [6, 6.07) is 18.0. The van der Waals surface area contributed by atoms with Crippen molar-refractivity contribution in [3.05, 3.63) is 83.4 Å². The molecule has 0 fully saturated rings. The first-order valence-electron chi connectivity index (χ1n) is 13.1. The molecule has 0 aliphatic carbocycles. The van der Waals surface area contributed by atoms with Crippen molar-refractivity contribution in [3.63, 3.8) is 0 Å². The minimum atomic E-state index is 0.348. The van der Waals surface area contributed by atoms with Gasteiger partial charge in [-0.3, -0.25) is 9.88 Å². The van der Waals surface area contributed by atoms with Gasteiger partial charge in [-0.15, -0.1) is 11.3 Å². The summed E-state index contributed by atoms with van der Waals surface area (Å²) in [7, 11) is 3.47. The Morgan fingerprint density at radius 1 is 0.925 bits per heavy atom. The van der Waals surface area contributed by atoms with Crippen molar-refractivity contribution >= 4 is 54.7 Å². The van der Waals surface area contributed by atoms with Gasteiger partial charge in [0, 0.05) is 55.8 Å². The van der Waals surface area contributed by atoms with Gasteiger partial charge >= 0.3 is 0 Å².